The number of aryl methyl sites for hydroxylation is 1. The number of carboxylic acids is 1. The highest BCUT2D eigenvalue weighted by Gasteiger charge is 2.48. The number of hydrogen-bond donors (Lipinski definition) is 1. The van der Waals surface area contributed by atoms with Gasteiger partial charge in [0.2, 0.25) is 12.0 Å². The molecule has 0 spiro atoms. The summed E-state index contributed by atoms with van der Waals surface area (Å²) in [5.74, 6) is -0.492. The Kier molecular flexibility index (Phi) is 6.02. The van der Waals surface area contributed by atoms with E-state index < -0.39 is 23.8 Å². The van der Waals surface area contributed by atoms with Crippen LogP contribution in [0.25, 0.3) is 6.08 Å². The van der Waals surface area contributed by atoms with Crippen molar-refractivity contribution in [3.63, 3.8) is 0 Å². The van der Waals surface area contributed by atoms with Crippen LogP contribution in [-0.2, 0) is 11.2 Å². The minimum absolute atomic E-state index is 0.110. The van der Waals surface area contributed by atoms with Gasteiger partial charge in [0.25, 0.3) is 0 Å². The third-order valence-corrected chi connectivity index (χ3v) is 4.80. The first-order chi connectivity index (χ1) is 13.7. The molecule has 10 heteroatoms. The van der Waals surface area contributed by atoms with Crippen LogP contribution in [0.15, 0.2) is 35.1 Å². The predicted octanol–water partition coefficient (Wildman–Crippen LogP) is 4.73. The van der Waals surface area contributed by atoms with Crippen LogP contribution in [0.5, 0.6) is 17.4 Å². The Morgan fingerprint density at radius 1 is 1.34 bits per heavy atom. The lowest BCUT2D eigenvalue weighted by molar-refractivity contribution is -0.187. The summed E-state index contributed by atoms with van der Waals surface area (Å²) in [6, 6.07) is 4.43. The van der Waals surface area contributed by atoms with Crippen molar-refractivity contribution in [2.75, 3.05) is 5.75 Å². The van der Waals surface area contributed by atoms with Gasteiger partial charge in [0, 0.05) is 23.9 Å². The van der Waals surface area contributed by atoms with Crippen LogP contribution in [-0.4, -0.2) is 39.1 Å². The van der Waals surface area contributed by atoms with Gasteiger partial charge in [-0.15, -0.1) is 0 Å². The van der Waals surface area contributed by atoms with Crippen molar-refractivity contribution in [1.82, 2.24) is 9.97 Å². The van der Waals surface area contributed by atoms with E-state index in [2.05, 4.69) is 9.97 Å². The van der Waals surface area contributed by atoms with E-state index >= 15 is 0 Å². The summed E-state index contributed by atoms with van der Waals surface area (Å²) in [5, 5.41) is 9.67. The van der Waals surface area contributed by atoms with Gasteiger partial charge in [-0.3, -0.25) is 0 Å². The lowest BCUT2D eigenvalue weighted by Crippen LogP contribution is -2.40. The van der Waals surface area contributed by atoms with Crippen molar-refractivity contribution < 1.29 is 32.5 Å². The normalized spacial score (nSPS) is 15.9. The Morgan fingerprint density at radius 3 is 2.72 bits per heavy atom. The van der Waals surface area contributed by atoms with Crippen LogP contribution in [0.3, 0.4) is 0 Å². The molecule has 0 saturated heterocycles. The molecule has 2 aromatic rings. The fourth-order valence-electron chi connectivity index (χ4n) is 2.76. The van der Waals surface area contributed by atoms with E-state index in [-0.39, 0.29) is 22.9 Å². The highest BCUT2D eigenvalue weighted by Crippen LogP contribution is 2.41. The molecule has 1 aliphatic heterocycles. The number of rotatable bonds is 6. The molecule has 1 unspecified atom stereocenters. The summed E-state index contributed by atoms with van der Waals surface area (Å²) in [5.41, 5.74) is 0.0527. The molecule has 154 valence electrons. The quantitative estimate of drug-likeness (QED) is 0.528. The first-order valence-corrected chi connectivity index (χ1v) is 9.70. The number of halogens is 3. The Labute approximate surface area is 168 Å². The smallest absolute Gasteiger partial charge is 0.430 e. The molecule has 0 fully saturated rings. The standard InChI is InChI=1S/C19H17F3N2O4S/c1-3-10-7-11-8-12(17(25)26)16(19(20,21)22)28-14(11)9-13(10)27-15-5-6-23-18(24-15)29-4-2/h5-9,16H,3-4H2,1-2H3,(H,25,26). The molecule has 0 amide bonds. The van der Waals surface area contributed by atoms with Crippen LogP contribution in [0.1, 0.15) is 25.0 Å². The molecular weight excluding hydrogens is 409 g/mol. The number of fused-ring (bicyclic) bond motifs is 1. The molecule has 0 aliphatic carbocycles. The number of thioether (sulfide) groups is 1. The van der Waals surface area contributed by atoms with Crippen LogP contribution < -0.4 is 9.47 Å². The molecule has 2 heterocycles. The summed E-state index contributed by atoms with van der Waals surface area (Å²) in [4.78, 5) is 19.6. The minimum atomic E-state index is -4.87. The van der Waals surface area contributed by atoms with Crippen molar-refractivity contribution in [2.45, 2.75) is 37.7 Å². The number of carbonyl (C=O) groups is 1. The topological polar surface area (TPSA) is 81.5 Å². The lowest BCUT2D eigenvalue weighted by atomic mass is 9.98. The Balaban J connectivity index is 2.01. The molecular formula is C19H17F3N2O4S. The second-order valence-corrected chi connectivity index (χ2v) is 7.24. The van der Waals surface area contributed by atoms with Crippen molar-refractivity contribution in [3.05, 3.63) is 41.1 Å². The lowest BCUT2D eigenvalue weighted by Gasteiger charge is -2.27. The number of carboxylic acid groups (broad SMARTS) is 1. The largest absolute Gasteiger partial charge is 0.478 e. The zero-order valence-electron chi connectivity index (χ0n) is 15.5. The van der Waals surface area contributed by atoms with Crippen LogP contribution in [0, 0.1) is 0 Å². The maximum Gasteiger partial charge on any atom is 0.430 e. The first-order valence-electron chi connectivity index (χ1n) is 8.71. The van der Waals surface area contributed by atoms with Gasteiger partial charge in [-0.05, 0) is 29.9 Å². The molecule has 0 saturated carbocycles. The van der Waals surface area contributed by atoms with Gasteiger partial charge in [-0.1, -0.05) is 25.6 Å². The van der Waals surface area contributed by atoms with Gasteiger partial charge >= 0.3 is 12.1 Å². The summed E-state index contributed by atoms with van der Waals surface area (Å²) in [6.07, 6.45) is -4.40. The monoisotopic (exact) mass is 426 g/mol. The average molecular weight is 426 g/mol. The fraction of sp³-hybridized carbons (Fsp3) is 0.316. The van der Waals surface area contributed by atoms with Crippen molar-refractivity contribution >= 4 is 23.8 Å². The zero-order valence-corrected chi connectivity index (χ0v) is 16.3. The summed E-state index contributed by atoms with van der Waals surface area (Å²) < 4.78 is 50.6. The molecule has 1 aromatic heterocycles. The van der Waals surface area contributed by atoms with Crippen molar-refractivity contribution in [1.29, 1.82) is 0 Å². The highest BCUT2D eigenvalue weighted by molar-refractivity contribution is 7.99. The SMILES string of the molecule is CCSc1nccc(Oc2cc3c(cc2CC)C=C(C(=O)O)C(C(F)(F)F)O3)n1. The molecule has 1 N–H and O–H groups in total. The van der Waals surface area contributed by atoms with Gasteiger partial charge in [0.15, 0.2) is 5.16 Å². The number of nitrogens with zero attached hydrogens (tertiary/aromatic N) is 2. The zero-order chi connectivity index (χ0) is 21.2. The van der Waals surface area contributed by atoms with Gasteiger partial charge in [-0.2, -0.15) is 18.2 Å². The predicted molar refractivity (Wildman–Crippen MR) is 100 cm³/mol. The van der Waals surface area contributed by atoms with Gasteiger partial charge in [0.1, 0.15) is 11.5 Å². The summed E-state index contributed by atoms with van der Waals surface area (Å²) in [6.45, 7) is 3.80. The highest BCUT2D eigenvalue weighted by atomic mass is 32.2. The van der Waals surface area contributed by atoms with E-state index in [0.717, 1.165) is 11.8 Å². The van der Waals surface area contributed by atoms with Gasteiger partial charge in [0.05, 0.1) is 5.57 Å². The Morgan fingerprint density at radius 2 is 2.10 bits per heavy atom. The molecule has 1 aliphatic rings. The van der Waals surface area contributed by atoms with E-state index in [0.29, 0.717) is 17.1 Å². The first kappa shape index (κ1) is 21.0. The number of hydrogen-bond acceptors (Lipinski definition) is 6. The van der Waals surface area contributed by atoms with Crippen LogP contribution in [0.4, 0.5) is 13.2 Å². The number of ether oxygens (including phenoxy) is 2. The Hall–Kier alpha value is -2.75. The second-order valence-electron chi connectivity index (χ2n) is 6.01. The number of alkyl halides is 3. The molecule has 0 bridgehead atoms. The Bertz CT molecular complexity index is 963. The fourth-order valence-corrected chi connectivity index (χ4v) is 3.30. The second kappa shape index (κ2) is 8.32. The molecule has 1 aromatic carbocycles. The molecule has 1 atom stereocenters. The van der Waals surface area contributed by atoms with Gasteiger partial charge < -0.3 is 14.6 Å². The summed E-state index contributed by atoms with van der Waals surface area (Å²) >= 11 is 1.42. The van der Waals surface area contributed by atoms with E-state index in [9.17, 15) is 18.0 Å². The van der Waals surface area contributed by atoms with Crippen molar-refractivity contribution in [3.8, 4) is 17.4 Å². The third kappa shape index (κ3) is 4.64. The maximum atomic E-state index is 13.3. The van der Waals surface area contributed by atoms with E-state index in [1.165, 1.54) is 24.0 Å². The van der Waals surface area contributed by atoms with Crippen molar-refractivity contribution in [2.24, 2.45) is 0 Å². The minimum Gasteiger partial charge on any atom is -0.478 e. The van der Waals surface area contributed by atoms with E-state index in [1.807, 2.05) is 13.8 Å². The van der Waals surface area contributed by atoms with Crippen LogP contribution >= 0.6 is 11.8 Å². The number of aliphatic carboxylic acids is 1. The molecule has 6 nitrogen and oxygen atoms in total. The van der Waals surface area contributed by atoms with Crippen LogP contribution in [0.2, 0.25) is 0 Å². The summed E-state index contributed by atoms with van der Waals surface area (Å²) in [7, 11) is 0. The van der Waals surface area contributed by atoms with Gasteiger partial charge in [-0.25, -0.2) is 9.78 Å². The molecule has 0 radical (unpaired) electrons. The number of benzene rings is 1. The molecule has 3 rings (SSSR count). The maximum absolute atomic E-state index is 13.3. The number of aromatic nitrogens is 2. The average Bonchev–Trinajstić information content (AvgIpc) is 2.66. The third-order valence-electron chi connectivity index (χ3n) is 4.05. The molecule has 29 heavy (non-hydrogen) atoms. The van der Waals surface area contributed by atoms with E-state index in [4.69, 9.17) is 14.6 Å². The van der Waals surface area contributed by atoms with E-state index in [1.54, 1.807) is 12.1 Å².